The van der Waals surface area contributed by atoms with E-state index in [4.69, 9.17) is 4.74 Å². The second kappa shape index (κ2) is 10.8. The second-order valence-electron chi connectivity index (χ2n) is 8.54. The molecule has 31 heavy (non-hydrogen) atoms. The maximum absolute atomic E-state index is 12.9. The highest BCUT2D eigenvalue weighted by Crippen LogP contribution is 2.22. The van der Waals surface area contributed by atoms with Crippen LogP contribution in [-0.4, -0.2) is 86.7 Å². The number of nitrogens with zero attached hydrogens (tertiary/aromatic N) is 4. The molecular formula is C25H34N4O2. The molecule has 2 aliphatic rings. The van der Waals surface area contributed by atoms with Gasteiger partial charge in [0, 0.05) is 58.0 Å². The van der Waals surface area contributed by atoms with Gasteiger partial charge in [-0.2, -0.15) is 0 Å². The molecule has 1 amide bonds. The molecule has 0 aliphatic carbocycles. The summed E-state index contributed by atoms with van der Waals surface area (Å²) in [7, 11) is 2.04. The maximum Gasteiger partial charge on any atom is 0.236 e. The lowest BCUT2D eigenvalue weighted by atomic mass is 10.1. The van der Waals surface area contributed by atoms with Gasteiger partial charge < -0.3 is 14.5 Å². The van der Waals surface area contributed by atoms with Crippen molar-refractivity contribution in [2.45, 2.75) is 13.1 Å². The molecule has 0 atom stereocenters. The van der Waals surface area contributed by atoms with Crippen LogP contribution in [0.3, 0.4) is 0 Å². The average Bonchev–Trinajstić information content (AvgIpc) is 2.81. The van der Waals surface area contributed by atoms with Crippen LogP contribution in [0.15, 0.2) is 54.6 Å². The number of anilines is 1. The molecule has 2 aliphatic heterocycles. The standard InChI is InChI=1S/C25H34N4O2/c1-26(20-23-9-5-6-10-24(23)28-15-17-31-18-16-28)21-25(30)29-13-11-27(12-14-29)19-22-7-3-2-4-8-22/h2-10H,11-21H2,1H3. The molecule has 2 aromatic rings. The summed E-state index contributed by atoms with van der Waals surface area (Å²) < 4.78 is 5.50. The zero-order valence-electron chi connectivity index (χ0n) is 18.6. The molecule has 0 aromatic heterocycles. The quantitative estimate of drug-likeness (QED) is 0.685. The fraction of sp³-hybridized carbons (Fsp3) is 0.480. The molecule has 0 unspecified atom stereocenters. The van der Waals surface area contributed by atoms with Crippen LogP contribution in [0.2, 0.25) is 0 Å². The number of likely N-dealkylation sites (N-methyl/N-ethyl adjacent to an activating group) is 1. The Morgan fingerprint density at radius 1 is 0.903 bits per heavy atom. The van der Waals surface area contributed by atoms with Crippen LogP contribution in [0.1, 0.15) is 11.1 Å². The number of hydrogen-bond acceptors (Lipinski definition) is 5. The summed E-state index contributed by atoms with van der Waals surface area (Å²) in [5, 5.41) is 0. The molecule has 0 spiro atoms. The molecule has 166 valence electrons. The van der Waals surface area contributed by atoms with Crippen molar-refractivity contribution in [1.82, 2.24) is 14.7 Å². The monoisotopic (exact) mass is 422 g/mol. The summed E-state index contributed by atoms with van der Waals surface area (Å²) in [5.41, 5.74) is 3.87. The third-order valence-electron chi connectivity index (χ3n) is 6.16. The predicted molar refractivity (Wildman–Crippen MR) is 124 cm³/mol. The van der Waals surface area contributed by atoms with Crippen LogP contribution >= 0.6 is 0 Å². The molecule has 6 nitrogen and oxygen atoms in total. The van der Waals surface area contributed by atoms with E-state index < -0.39 is 0 Å². The van der Waals surface area contributed by atoms with Crippen molar-refractivity contribution in [2.24, 2.45) is 0 Å². The lowest BCUT2D eigenvalue weighted by molar-refractivity contribution is -0.134. The second-order valence-corrected chi connectivity index (χ2v) is 8.54. The Kier molecular flexibility index (Phi) is 7.57. The van der Waals surface area contributed by atoms with Crippen molar-refractivity contribution in [3.63, 3.8) is 0 Å². The van der Waals surface area contributed by atoms with E-state index in [-0.39, 0.29) is 5.91 Å². The van der Waals surface area contributed by atoms with Crippen LogP contribution in [0.5, 0.6) is 0 Å². The van der Waals surface area contributed by atoms with Gasteiger partial charge >= 0.3 is 0 Å². The van der Waals surface area contributed by atoms with Gasteiger partial charge in [0.15, 0.2) is 0 Å². The molecule has 4 rings (SSSR count). The van der Waals surface area contributed by atoms with Gasteiger partial charge in [-0.3, -0.25) is 14.6 Å². The van der Waals surface area contributed by atoms with Crippen LogP contribution in [-0.2, 0) is 22.6 Å². The number of carbonyl (C=O) groups excluding carboxylic acids is 1. The number of para-hydroxylation sites is 1. The minimum atomic E-state index is 0.228. The number of carbonyl (C=O) groups is 1. The van der Waals surface area contributed by atoms with Crippen LogP contribution in [0, 0.1) is 0 Å². The third kappa shape index (κ3) is 6.06. The predicted octanol–water partition coefficient (Wildman–Crippen LogP) is 2.30. The van der Waals surface area contributed by atoms with Gasteiger partial charge in [-0.15, -0.1) is 0 Å². The number of ether oxygens (including phenoxy) is 1. The van der Waals surface area contributed by atoms with Gasteiger partial charge in [-0.1, -0.05) is 48.5 Å². The molecule has 6 heteroatoms. The first-order valence-corrected chi connectivity index (χ1v) is 11.3. The van der Waals surface area contributed by atoms with E-state index in [2.05, 4.69) is 69.3 Å². The molecule has 0 N–H and O–H groups in total. The van der Waals surface area contributed by atoms with Gasteiger partial charge in [0.2, 0.25) is 5.91 Å². The van der Waals surface area contributed by atoms with E-state index in [0.29, 0.717) is 6.54 Å². The molecule has 0 bridgehead atoms. The van der Waals surface area contributed by atoms with Gasteiger partial charge in [0.25, 0.3) is 0 Å². The van der Waals surface area contributed by atoms with Crippen molar-refractivity contribution in [3.05, 3.63) is 65.7 Å². The van der Waals surface area contributed by atoms with Gasteiger partial charge in [-0.25, -0.2) is 0 Å². The van der Waals surface area contributed by atoms with Crippen LogP contribution in [0.4, 0.5) is 5.69 Å². The lowest BCUT2D eigenvalue weighted by Crippen LogP contribution is -2.50. The van der Waals surface area contributed by atoms with Gasteiger partial charge in [0.1, 0.15) is 0 Å². The molecule has 0 radical (unpaired) electrons. The third-order valence-corrected chi connectivity index (χ3v) is 6.16. The maximum atomic E-state index is 12.9. The first-order chi connectivity index (χ1) is 15.2. The van der Waals surface area contributed by atoms with Crippen molar-refractivity contribution in [3.8, 4) is 0 Å². The summed E-state index contributed by atoms with van der Waals surface area (Å²) >= 11 is 0. The fourth-order valence-corrected chi connectivity index (χ4v) is 4.43. The number of hydrogen-bond donors (Lipinski definition) is 0. The first-order valence-electron chi connectivity index (χ1n) is 11.3. The smallest absolute Gasteiger partial charge is 0.236 e. The summed E-state index contributed by atoms with van der Waals surface area (Å²) in [5.74, 6) is 0.228. The highest BCUT2D eigenvalue weighted by molar-refractivity contribution is 5.78. The largest absolute Gasteiger partial charge is 0.378 e. The summed E-state index contributed by atoms with van der Waals surface area (Å²) in [6.07, 6.45) is 0. The van der Waals surface area contributed by atoms with E-state index in [1.807, 2.05) is 11.9 Å². The minimum absolute atomic E-state index is 0.228. The first kappa shape index (κ1) is 21.8. The molecule has 0 saturated carbocycles. The van der Waals surface area contributed by atoms with Crippen molar-refractivity contribution >= 4 is 11.6 Å². The topological polar surface area (TPSA) is 39.3 Å². The van der Waals surface area contributed by atoms with E-state index in [9.17, 15) is 4.79 Å². The zero-order valence-corrected chi connectivity index (χ0v) is 18.6. The number of piperazine rings is 1. The summed E-state index contributed by atoms with van der Waals surface area (Å²) in [6.45, 7) is 9.07. The highest BCUT2D eigenvalue weighted by Gasteiger charge is 2.22. The van der Waals surface area contributed by atoms with E-state index >= 15 is 0 Å². The lowest BCUT2D eigenvalue weighted by Gasteiger charge is -2.35. The van der Waals surface area contributed by atoms with E-state index in [1.165, 1.54) is 16.8 Å². The highest BCUT2D eigenvalue weighted by atomic mass is 16.5. The summed E-state index contributed by atoms with van der Waals surface area (Å²) in [4.78, 5) is 21.9. The van der Waals surface area contributed by atoms with E-state index in [0.717, 1.165) is 65.6 Å². The molecule has 2 fully saturated rings. The van der Waals surface area contributed by atoms with E-state index in [1.54, 1.807) is 0 Å². The Labute approximate surface area is 186 Å². The molecule has 2 heterocycles. The Morgan fingerprint density at radius 3 is 2.32 bits per heavy atom. The van der Waals surface area contributed by atoms with Gasteiger partial charge in [-0.05, 0) is 24.2 Å². The normalized spacial score (nSPS) is 17.9. The van der Waals surface area contributed by atoms with Crippen molar-refractivity contribution in [1.29, 1.82) is 0 Å². The number of benzene rings is 2. The number of morpholine rings is 1. The Balaban J connectivity index is 1.26. The molecule has 2 saturated heterocycles. The zero-order chi connectivity index (χ0) is 21.5. The molecular weight excluding hydrogens is 388 g/mol. The van der Waals surface area contributed by atoms with Crippen molar-refractivity contribution in [2.75, 3.05) is 71.0 Å². The minimum Gasteiger partial charge on any atom is -0.378 e. The number of rotatable bonds is 7. The SMILES string of the molecule is CN(CC(=O)N1CCN(Cc2ccccc2)CC1)Cc1ccccc1N1CCOCC1. The Hall–Kier alpha value is -2.41. The summed E-state index contributed by atoms with van der Waals surface area (Å²) in [6, 6.07) is 19.1. The van der Waals surface area contributed by atoms with Gasteiger partial charge in [0.05, 0.1) is 19.8 Å². The number of amides is 1. The Morgan fingerprint density at radius 2 is 1.58 bits per heavy atom. The average molecular weight is 423 g/mol. The fourth-order valence-electron chi connectivity index (χ4n) is 4.43. The van der Waals surface area contributed by atoms with Crippen molar-refractivity contribution < 1.29 is 9.53 Å². The Bertz CT molecular complexity index is 830. The molecule has 2 aromatic carbocycles. The van der Waals surface area contributed by atoms with Crippen LogP contribution in [0.25, 0.3) is 0 Å². The van der Waals surface area contributed by atoms with Crippen LogP contribution < -0.4 is 4.90 Å².